The van der Waals surface area contributed by atoms with Crippen molar-refractivity contribution in [2.45, 2.75) is 18.9 Å². The van der Waals surface area contributed by atoms with Gasteiger partial charge in [-0.1, -0.05) is 0 Å². The Morgan fingerprint density at radius 3 is 2.64 bits per heavy atom. The average molecular weight is 155 g/mol. The minimum atomic E-state index is 0.460. The first-order valence-electron chi connectivity index (χ1n) is 4.00. The molecular formula is C8H13NO2. The molecular weight excluding hydrogens is 142 g/mol. The van der Waals surface area contributed by atoms with Gasteiger partial charge in [0.1, 0.15) is 0 Å². The van der Waals surface area contributed by atoms with Crippen molar-refractivity contribution in [1.29, 1.82) is 0 Å². The van der Waals surface area contributed by atoms with E-state index in [4.69, 9.17) is 4.74 Å². The van der Waals surface area contributed by atoms with E-state index in [0.717, 1.165) is 32.3 Å². The number of carbonyl (C=O) groups excluding carboxylic acids is 1. The van der Waals surface area contributed by atoms with Gasteiger partial charge in [0.15, 0.2) is 0 Å². The highest BCUT2D eigenvalue weighted by atomic mass is 16.5. The third-order valence-electron chi connectivity index (χ3n) is 2.88. The Bertz CT molecular complexity index is 167. The summed E-state index contributed by atoms with van der Waals surface area (Å²) in [6.07, 6.45) is 3.69. The van der Waals surface area contributed by atoms with E-state index >= 15 is 0 Å². The first kappa shape index (κ1) is 7.10. The van der Waals surface area contributed by atoms with Crippen molar-refractivity contribution in [2.24, 2.45) is 5.41 Å². The van der Waals surface area contributed by atoms with E-state index in [1.807, 2.05) is 4.90 Å². The Labute approximate surface area is 66.3 Å². The van der Waals surface area contributed by atoms with E-state index in [1.165, 1.54) is 0 Å². The van der Waals surface area contributed by atoms with Crippen molar-refractivity contribution < 1.29 is 9.53 Å². The van der Waals surface area contributed by atoms with Crippen molar-refractivity contribution in [1.82, 2.24) is 4.90 Å². The van der Waals surface area contributed by atoms with Crippen LogP contribution >= 0.6 is 0 Å². The summed E-state index contributed by atoms with van der Waals surface area (Å²) in [7, 11) is 1.76. The lowest BCUT2D eigenvalue weighted by molar-refractivity contribution is -0.155. The standard InChI is InChI=1S/C8H13NO2/c1-11-7-2-8(3-7)4-9(5-8)6-10/h6-7H,2-5H2,1H3. The van der Waals surface area contributed by atoms with Crippen molar-refractivity contribution in [2.75, 3.05) is 20.2 Å². The summed E-state index contributed by atoms with van der Waals surface area (Å²) < 4.78 is 5.18. The molecule has 2 fully saturated rings. The first-order chi connectivity index (χ1) is 5.28. The van der Waals surface area contributed by atoms with Crippen molar-refractivity contribution in [3.63, 3.8) is 0 Å². The van der Waals surface area contributed by atoms with Gasteiger partial charge in [-0.05, 0) is 12.8 Å². The van der Waals surface area contributed by atoms with Crippen molar-refractivity contribution >= 4 is 6.41 Å². The van der Waals surface area contributed by atoms with Gasteiger partial charge in [0.2, 0.25) is 6.41 Å². The highest BCUT2D eigenvalue weighted by Gasteiger charge is 2.52. The van der Waals surface area contributed by atoms with E-state index in [2.05, 4.69) is 0 Å². The smallest absolute Gasteiger partial charge is 0.209 e. The largest absolute Gasteiger partial charge is 0.381 e. The molecule has 0 unspecified atom stereocenters. The Hall–Kier alpha value is -0.570. The highest BCUT2D eigenvalue weighted by molar-refractivity contribution is 5.49. The number of carbonyl (C=O) groups is 1. The van der Waals surface area contributed by atoms with Gasteiger partial charge in [0, 0.05) is 25.6 Å². The summed E-state index contributed by atoms with van der Waals surface area (Å²) in [5.74, 6) is 0. The van der Waals surface area contributed by atoms with Gasteiger partial charge < -0.3 is 9.64 Å². The molecule has 1 saturated heterocycles. The van der Waals surface area contributed by atoms with Crippen LogP contribution in [0.4, 0.5) is 0 Å². The fourth-order valence-electron chi connectivity index (χ4n) is 2.22. The van der Waals surface area contributed by atoms with Gasteiger partial charge in [-0.2, -0.15) is 0 Å². The number of amides is 1. The third kappa shape index (κ3) is 0.948. The topological polar surface area (TPSA) is 29.5 Å². The Morgan fingerprint density at radius 2 is 2.18 bits per heavy atom. The minimum Gasteiger partial charge on any atom is -0.381 e. The number of ether oxygens (including phenoxy) is 1. The molecule has 1 heterocycles. The van der Waals surface area contributed by atoms with Gasteiger partial charge in [-0.25, -0.2) is 0 Å². The molecule has 0 aromatic heterocycles. The molecule has 1 aliphatic heterocycles. The van der Waals surface area contributed by atoms with E-state index < -0.39 is 0 Å². The maximum absolute atomic E-state index is 10.3. The molecule has 2 rings (SSSR count). The fourth-order valence-corrected chi connectivity index (χ4v) is 2.22. The van der Waals surface area contributed by atoms with Crippen LogP contribution in [-0.2, 0) is 9.53 Å². The van der Waals surface area contributed by atoms with Crippen LogP contribution in [0.15, 0.2) is 0 Å². The molecule has 1 saturated carbocycles. The van der Waals surface area contributed by atoms with E-state index in [0.29, 0.717) is 11.5 Å². The molecule has 0 aromatic rings. The quantitative estimate of drug-likeness (QED) is 0.535. The van der Waals surface area contributed by atoms with Gasteiger partial charge >= 0.3 is 0 Å². The molecule has 3 nitrogen and oxygen atoms in total. The van der Waals surface area contributed by atoms with Crippen molar-refractivity contribution in [3.8, 4) is 0 Å². The Kier molecular flexibility index (Phi) is 1.42. The lowest BCUT2D eigenvalue weighted by Crippen LogP contribution is -2.63. The lowest BCUT2D eigenvalue weighted by Gasteiger charge is -2.57. The second kappa shape index (κ2) is 2.21. The monoisotopic (exact) mass is 155 g/mol. The average Bonchev–Trinajstić information content (AvgIpc) is 1.83. The Balaban J connectivity index is 1.79. The predicted octanol–water partition coefficient (Wildman–Crippen LogP) is 0.254. The number of nitrogens with zero attached hydrogens (tertiary/aromatic N) is 1. The molecule has 11 heavy (non-hydrogen) atoms. The zero-order chi connectivity index (χ0) is 7.90. The van der Waals surface area contributed by atoms with Gasteiger partial charge in [-0.3, -0.25) is 4.79 Å². The Morgan fingerprint density at radius 1 is 1.55 bits per heavy atom. The molecule has 3 heteroatoms. The second-order valence-corrected chi connectivity index (χ2v) is 3.78. The molecule has 0 bridgehead atoms. The van der Waals surface area contributed by atoms with Crippen LogP contribution in [0.3, 0.4) is 0 Å². The van der Waals surface area contributed by atoms with Crippen molar-refractivity contribution in [3.05, 3.63) is 0 Å². The van der Waals surface area contributed by atoms with Crippen LogP contribution in [0.5, 0.6) is 0 Å². The summed E-state index contributed by atoms with van der Waals surface area (Å²) in [6.45, 7) is 1.91. The highest BCUT2D eigenvalue weighted by Crippen LogP contribution is 2.48. The van der Waals surface area contributed by atoms with E-state index in [-0.39, 0.29) is 0 Å². The summed E-state index contributed by atoms with van der Waals surface area (Å²) in [6, 6.07) is 0. The number of likely N-dealkylation sites (tertiary alicyclic amines) is 1. The predicted molar refractivity (Wildman–Crippen MR) is 40.1 cm³/mol. The zero-order valence-corrected chi connectivity index (χ0v) is 6.75. The molecule has 1 spiro atoms. The maximum atomic E-state index is 10.3. The number of hydrogen-bond donors (Lipinski definition) is 0. The molecule has 1 amide bonds. The van der Waals surface area contributed by atoms with E-state index in [1.54, 1.807) is 7.11 Å². The van der Waals surface area contributed by atoms with Crippen LogP contribution in [-0.4, -0.2) is 37.6 Å². The molecule has 62 valence electrons. The molecule has 1 aliphatic carbocycles. The second-order valence-electron chi connectivity index (χ2n) is 3.78. The summed E-state index contributed by atoms with van der Waals surface area (Å²) in [4.78, 5) is 12.1. The fraction of sp³-hybridized carbons (Fsp3) is 0.875. The molecule has 0 aromatic carbocycles. The maximum Gasteiger partial charge on any atom is 0.209 e. The number of hydrogen-bond acceptors (Lipinski definition) is 2. The van der Waals surface area contributed by atoms with Crippen LogP contribution in [0, 0.1) is 5.41 Å². The normalized spacial score (nSPS) is 27.9. The first-order valence-corrected chi connectivity index (χ1v) is 4.00. The van der Waals surface area contributed by atoms with Gasteiger partial charge in [0.25, 0.3) is 0 Å². The zero-order valence-electron chi connectivity index (χ0n) is 6.75. The van der Waals surface area contributed by atoms with Crippen LogP contribution in [0.1, 0.15) is 12.8 Å². The SMILES string of the molecule is COC1CC2(C1)CN(C=O)C2. The third-order valence-corrected chi connectivity index (χ3v) is 2.88. The number of rotatable bonds is 2. The summed E-state index contributed by atoms with van der Waals surface area (Å²) >= 11 is 0. The molecule has 0 N–H and O–H groups in total. The number of methoxy groups -OCH3 is 1. The summed E-state index contributed by atoms with van der Waals surface area (Å²) in [5, 5.41) is 0. The summed E-state index contributed by atoms with van der Waals surface area (Å²) in [5.41, 5.74) is 0.460. The van der Waals surface area contributed by atoms with E-state index in [9.17, 15) is 4.79 Å². The lowest BCUT2D eigenvalue weighted by atomic mass is 9.62. The molecule has 0 atom stereocenters. The molecule has 0 radical (unpaired) electrons. The van der Waals surface area contributed by atoms with Gasteiger partial charge in [0.05, 0.1) is 6.10 Å². The van der Waals surface area contributed by atoms with Crippen LogP contribution < -0.4 is 0 Å². The molecule has 2 aliphatic rings. The van der Waals surface area contributed by atoms with Gasteiger partial charge in [-0.15, -0.1) is 0 Å². The minimum absolute atomic E-state index is 0.460. The van der Waals surface area contributed by atoms with Crippen LogP contribution in [0.2, 0.25) is 0 Å². The van der Waals surface area contributed by atoms with Crippen LogP contribution in [0.25, 0.3) is 0 Å².